The molecule has 1 aliphatic rings. The van der Waals surface area contributed by atoms with Crippen LogP contribution in [0.2, 0.25) is 0 Å². The van der Waals surface area contributed by atoms with Crippen LogP contribution in [0.25, 0.3) is 11.0 Å². The zero-order valence-electron chi connectivity index (χ0n) is 11.3. The van der Waals surface area contributed by atoms with Crippen LogP contribution >= 0.6 is 0 Å². The highest BCUT2D eigenvalue weighted by atomic mass is 16.2. The van der Waals surface area contributed by atoms with Crippen molar-refractivity contribution in [1.29, 1.82) is 0 Å². The number of likely N-dealkylation sites (tertiary alicyclic amines) is 1. The van der Waals surface area contributed by atoms with Crippen molar-refractivity contribution in [3.05, 3.63) is 35.0 Å². The molecule has 1 aliphatic heterocycles. The van der Waals surface area contributed by atoms with Crippen LogP contribution in [0.5, 0.6) is 0 Å². The van der Waals surface area contributed by atoms with Crippen LogP contribution in [0.1, 0.15) is 25.8 Å². The molecule has 0 aromatic carbocycles. The molecule has 0 radical (unpaired) electrons. The zero-order valence-corrected chi connectivity index (χ0v) is 11.3. The minimum atomic E-state index is -0.174. The summed E-state index contributed by atoms with van der Waals surface area (Å²) >= 11 is 0. The molecule has 0 N–H and O–H groups in total. The fraction of sp³-hybridized carbons (Fsp3) is 0.429. The average Bonchev–Trinajstić information content (AvgIpc) is 2.81. The van der Waals surface area contributed by atoms with E-state index in [4.69, 9.17) is 0 Å². The summed E-state index contributed by atoms with van der Waals surface area (Å²) in [4.78, 5) is 34.5. The minimum Gasteiger partial charge on any atom is -0.341 e. The van der Waals surface area contributed by atoms with Crippen LogP contribution in [0.15, 0.2) is 29.5 Å². The lowest BCUT2D eigenvalue weighted by atomic mass is 10.2. The summed E-state index contributed by atoms with van der Waals surface area (Å²) in [5.74, 6) is 0.102. The maximum Gasteiger partial charge on any atom is 0.280 e. The topological polar surface area (TPSA) is 68.1 Å². The summed E-state index contributed by atoms with van der Waals surface area (Å²) in [7, 11) is 0. The van der Waals surface area contributed by atoms with E-state index in [0.717, 1.165) is 13.0 Å². The molecule has 0 aliphatic carbocycles. The van der Waals surface area contributed by atoms with Crippen molar-refractivity contribution < 1.29 is 4.79 Å². The Hall–Kier alpha value is -2.24. The average molecular weight is 272 g/mol. The smallest absolute Gasteiger partial charge is 0.280 e. The van der Waals surface area contributed by atoms with Gasteiger partial charge in [-0.3, -0.25) is 14.2 Å². The van der Waals surface area contributed by atoms with Gasteiger partial charge < -0.3 is 4.90 Å². The molecule has 0 bridgehead atoms. The second kappa shape index (κ2) is 5.03. The van der Waals surface area contributed by atoms with Gasteiger partial charge in [0.25, 0.3) is 5.56 Å². The molecule has 0 spiro atoms. The van der Waals surface area contributed by atoms with E-state index >= 15 is 0 Å². The first kappa shape index (κ1) is 12.8. The lowest BCUT2D eigenvalue weighted by Crippen LogP contribution is -2.29. The second-order valence-corrected chi connectivity index (χ2v) is 5.03. The molecule has 2 aromatic rings. The number of carbonyl (C=O) groups is 1. The van der Waals surface area contributed by atoms with E-state index in [-0.39, 0.29) is 17.5 Å². The van der Waals surface area contributed by atoms with E-state index in [1.54, 1.807) is 27.8 Å². The first-order chi connectivity index (χ1) is 9.70. The normalized spacial score (nSPS) is 18.9. The van der Waals surface area contributed by atoms with Crippen LogP contribution in [0.4, 0.5) is 0 Å². The number of fused-ring (bicyclic) bond motifs is 1. The summed E-state index contributed by atoms with van der Waals surface area (Å²) in [6.07, 6.45) is 4.39. The van der Waals surface area contributed by atoms with Gasteiger partial charge in [0, 0.05) is 25.7 Å². The Bertz CT molecular complexity index is 710. The predicted molar refractivity (Wildman–Crippen MR) is 74.3 cm³/mol. The third-order valence-electron chi connectivity index (χ3n) is 3.63. The van der Waals surface area contributed by atoms with Gasteiger partial charge in [0.05, 0.1) is 17.9 Å². The van der Waals surface area contributed by atoms with Crippen LogP contribution < -0.4 is 5.56 Å². The van der Waals surface area contributed by atoms with Crippen molar-refractivity contribution >= 4 is 16.9 Å². The third kappa shape index (κ3) is 2.07. The molecule has 1 amide bonds. The van der Waals surface area contributed by atoms with Crippen LogP contribution in [-0.4, -0.2) is 38.4 Å². The van der Waals surface area contributed by atoms with Crippen molar-refractivity contribution in [2.45, 2.75) is 25.8 Å². The van der Waals surface area contributed by atoms with Crippen molar-refractivity contribution in [3.63, 3.8) is 0 Å². The summed E-state index contributed by atoms with van der Waals surface area (Å²) < 4.78 is 1.54. The number of nitrogens with zero attached hydrogens (tertiary/aromatic N) is 4. The van der Waals surface area contributed by atoms with Gasteiger partial charge in [-0.15, -0.1) is 0 Å². The minimum absolute atomic E-state index is 0.102. The fourth-order valence-corrected chi connectivity index (χ4v) is 2.65. The van der Waals surface area contributed by atoms with Gasteiger partial charge in [-0.25, -0.2) is 9.97 Å². The molecule has 1 atom stereocenters. The summed E-state index contributed by atoms with van der Waals surface area (Å²) in [5.41, 5.74) is 0.770. The molecular formula is C14H16N4O2. The number of hydrogen-bond acceptors (Lipinski definition) is 4. The Morgan fingerprint density at radius 3 is 3.00 bits per heavy atom. The molecule has 3 heterocycles. The van der Waals surface area contributed by atoms with E-state index in [2.05, 4.69) is 9.97 Å². The largest absolute Gasteiger partial charge is 0.341 e. The number of carbonyl (C=O) groups excluding carboxylic acids is 1. The van der Waals surface area contributed by atoms with Gasteiger partial charge in [0.2, 0.25) is 5.91 Å². The van der Waals surface area contributed by atoms with Gasteiger partial charge in [0.1, 0.15) is 0 Å². The quantitative estimate of drug-likeness (QED) is 0.835. The molecule has 0 saturated carbocycles. The van der Waals surface area contributed by atoms with Gasteiger partial charge in [0.15, 0.2) is 5.52 Å². The highest BCUT2D eigenvalue weighted by Crippen LogP contribution is 2.21. The lowest BCUT2D eigenvalue weighted by Gasteiger charge is -2.16. The molecule has 3 rings (SSSR count). The lowest BCUT2D eigenvalue weighted by molar-refractivity contribution is -0.127. The van der Waals surface area contributed by atoms with Gasteiger partial charge >= 0.3 is 0 Å². The number of rotatable bonds is 3. The molecule has 6 nitrogen and oxygen atoms in total. The Balaban J connectivity index is 1.98. The fourth-order valence-electron chi connectivity index (χ4n) is 2.65. The molecule has 1 fully saturated rings. The molecule has 1 saturated heterocycles. The van der Waals surface area contributed by atoms with Crippen LogP contribution in [-0.2, 0) is 4.79 Å². The van der Waals surface area contributed by atoms with Gasteiger partial charge in [-0.2, -0.15) is 0 Å². The van der Waals surface area contributed by atoms with E-state index in [0.29, 0.717) is 24.0 Å². The summed E-state index contributed by atoms with van der Waals surface area (Å²) in [6.45, 7) is 3.35. The van der Waals surface area contributed by atoms with Crippen molar-refractivity contribution in [3.8, 4) is 0 Å². The molecule has 104 valence electrons. The third-order valence-corrected chi connectivity index (χ3v) is 3.63. The SMILES string of the molecule is CCCN1CC(n2cnc3cccnc3c2=O)CC1=O. The Labute approximate surface area is 116 Å². The number of aromatic nitrogens is 3. The van der Waals surface area contributed by atoms with Crippen LogP contribution in [0.3, 0.4) is 0 Å². The Morgan fingerprint density at radius 1 is 1.35 bits per heavy atom. The molecule has 6 heteroatoms. The molecule has 20 heavy (non-hydrogen) atoms. The highest BCUT2D eigenvalue weighted by Gasteiger charge is 2.31. The van der Waals surface area contributed by atoms with Crippen molar-refractivity contribution in [2.75, 3.05) is 13.1 Å². The molecular weight excluding hydrogens is 256 g/mol. The Morgan fingerprint density at radius 2 is 2.20 bits per heavy atom. The van der Waals surface area contributed by atoms with E-state index in [9.17, 15) is 9.59 Å². The maximum atomic E-state index is 12.4. The number of hydrogen-bond donors (Lipinski definition) is 0. The molecule has 2 aromatic heterocycles. The maximum absolute atomic E-state index is 12.4. The monoisotopic (exact) mass is 272 g/mol. The first-order valence-corrected chi connectivity index (χ1v) is 6.80. The van der Waals surface area contributed by atoms with Gasteiger partial charge in [-0.05, 0) is 18.6 Å². The second-order valence-electron chi connectivity index (χ2n) is 5.03. The predicted octanol–water partition coefficient (Wildman–Crippen LogP) is 0.975. The molecule has 1 unspecified atom stereocenters. The van der Waals surface area contributed by atoms with Crippen molar-refractivity contribution in [1.82, 2.24) is 19.4 Å². The van der Waals surface area contributed by atoms with Gasteiger partial charge in [-0.1, -0.05) is 6.92 Å². The summed E-state index contributed by atoms with van der Waals surface area (Å²) in [6, 6.07) is 3.37. The van der Waals surface area contributed by atoms with Crippen LogP contribution in [0, 0.1) is 0 Å². The van der Waals surface area contributed by atoms with E-state index < -0.39 is 0 Å². The first-order valence-electron chi connectivity index (χ1n) is 6.80. The summed E-state index contributed by atoms with van der Waals surface area (Å²) in [5, 5.41) is 0. The zero-order chi connectivity index (χ0) is 14.1. The van der Waals surface area contributed by atoms with E-state index in [1.165, 1.54) is 6.33 Å². The number of pyridine rings is 1. The Kier molecular flexibility index (Phi) is 3.22. The van der Waals surface area contributed by atoms with E-state index in [1.807, 2.05) is 6.92 Å². The van der Waals surface area contributed by atoms with Crippen molar-refractivity contribution in [2.24, 2.45) is 0 Å². The standard InChI is InChI=1S/C14H16N4O2/c1-2-6-17-8-10(7-12(17)19)18-9-16-11-4-3-5-15-13(11)14(18)20/h3-5,9-10H,2,6-8H2,1H3. The number of amides is 1. The highest BCUT2D eigenvalue weighted by molar-refractivity contribution is 5.79.